The number of hydrogen-bond donors (Lipinski definition) is 2. The lowest BCUT2D eigenvalue weighted by Gasteiger charge is -2.26. The molecule has 1 amide bonds. The molecule has 0 fully saturated rings. The highest BCUT2D eigenvalue weighted by molar-refractivity contribution is 5.95. The Morgan fingerprint density at radius 2 is 1.87 bits per heavy atom. The fourth-order valence-electron chi connectivity index (χ4n) is 3.20. The summed E-state index contributed by atoms with van der Waals surface area (Å²) in [6, 6.07) is 6.97. The van der Waals surface area contributed by atoms with Crippen molar-refractivity contribution < 1.29 is 18.3 Å². The van der Waals surface area contributed by atoms with Crippen molar-refractivity contribution in [1.29, 1.82) is 0 Å². The van der Waals surface area contributed by atoms with E-state index in [1.54, 1.807) is 29.7 Å². The van der Waals surface area contributed by atoms with Crippen molar-refractivity contribution >= 4 is 11.6 Å². The van der Waals surface area contributed by atoms with E-state index in [0.717, 1.165) is 12.8 Å². The summed E-state index contributed by atoms with van der Waals surface area (Å²) in [5, 5.41) is 2.89. The number of imidazole rings is 1. The number of nitrogens with zero attached hydrogens (tertiary/aromatic N) is 2. The van der Waals surface area contributed by atoms with E-state index in [4.69, 9.17) is 10.5 Å². The van der Waals surface area contributed by atoms with E-state index in [0.29, 0.717) is 29.3 Å². The van der Waals surface area contributed by atoms with Gasteiger partial charge in [-0.05, 0) is 44.0 Å². The summed E-state index contributed by atoms with van der Waals surface area (Å²) in [4.78, 5) is 17.3. The Hall–Kier alpha value is -3.00. The van der Waals surface area contributed by atoms with Gasteiger partial charge in [0.05, 0.1) is 11.3 Å². The molecule has 0 spiro atoms. The minimum atomic E-state index is -0.682. The molecule has 0 aliphatic heterocycles. The average molecular weight is 416 g/mol. The molecule has 0 radical (unpaired) electrons. The van der Waals surface area contributed by atoms with Gasteiger partial charge >= 0.3 is 0 Å². The van der Waals surface area contributed by atoms with Crippen LogP contribution in [0.5, 0.6) is 5.75 Å². The molecular formula is C22H26F2N4O2. The molecule has 160 valence electrons. The first-order chi connectivity index (χ1) is 14.3. The molecule has 0 atom stereocenters. The van der Waals surface area contributed by atoms with Gasteiger partial charge < -0.3 is 15.8 Å². The largest absolute Gasteiger partial charge is 0.485 e. The summed E-state index contributed by atoms with van der Waals surface area (Å²) in [5.74, 6) is -1.34. The number of nitrogens with one attached hydrogen (secondary N) is 1. The maximum atomic E-state index is 13.9. The molecule has 1 aromatic carbocycles. The van der Waals surface area contributed by atoms with Gasteiger partial charge in [0.15, 0.2) is 11.4 Å². The average Bonchev–Trinajstić information content (AvgIpc) is 3.08. The summed E-state index contributed by atoms with van der Waals surface area (Å²) < 4.78 is 35.0. The number of rotatable bonds is 8. The first kappa shape index (κ1) is 21.7. The predicted octanol–water partition coefficient (Wildman–Crippen LogP) is 3.75. The molecule has 3 rings (SSSR count). The summed E-state index contributed by atoms with van der Waals surface area (Å²) in [6.45, 7) is 5.73. The molecule has 3 aromatic rings. The van der Waals surface area contributed by atoms with Crippen LogP contribution in [-0.4, -0.2) is 27.4 Å². The first-order valence-corrected chi connectivity index (χ1v) is 9.90. The van der Waals surface area contributed by atoms with Crippen LogP contribution in [0.3, 0.4) is 0 Å². The summed E-state index contributed by atoms with van der Waals surface area (Å²) >= 11 is 0. The zero-order chi connectivity index (χ0) is 21.9. The number of ether oxygens (including phenoxy) is 1. The van der Waals surface area contributed by atoms with Crippen LogP contribution < -0.4 is 15.8 Å². The Morgan fingerprint density at radius 1 is 1.20 bits per heavy atom. The normalized spacial score (nSPS) is 11.7. The molecule has 2 aromatic heterocycles. The number of carbonyl (C=O) groups excluding carboxylic acids is 1. The standard InChI is InChI=1S/C22H26F2N4O2/c1-4-22(25,5-2)13-26-21(29)19-14(3)27-20-18(10-7-11-28(19)20)30-12-15-16(23)8-6-9-17(15)24/h6-11H,4-5,12-13,25H2,1-3H3,(H,26,29). The van der Waals surface area contributed by atoms with Gasteiger partial charge in [0, 0.05) is 18.3 Å². The Morgan fingerprint density at radius 3 is 2.50 bits per heavy atom. The van der Waals surface area contributed by atoms with Gasteiger partial charge in [0.1, 0.15) is 23.9 Å². The highest BCUT2D eigenvalue weighted by atomic mass is 19.1. The summed E-state index contributed by atoms with van der Waals surface area (Å²) in [6.07, 6.45) is 3.16. The monoisotopic (exact) mass is 416 g/mol. The second-order valence-corrected chi connectivity index (χ2v) is 7.35. The number of nitrogens with two attached hydrogens (primary N) is 1. The van der Waals surface area contributed by atoms with Gasteiger partial charge in [-0.25, -0.2) is 13.8 Å². The molecule has 0 aliphatic carbocycles. The smallest absolute Gasteiger partial charge is 0.270 e. The molecule has 3 N–H and O–H groups in total. The lowest BCUT2D eigenvalue weighted by Crippen LogP contribution is -2.49. The van der Waals surface area contributed by atoms with Crippen LogP contribution in [0, 0.1) is 18.6 Å². The highest BCUT2D eigenvalue weighted by Gasteiger charge is 2.24. The lowest BCUT2D eigenvalue weighted by molar-refractivity contribution is 0.0935. The lowest BCUT2D eigenvalue weighted by atomic mass is 9.94. The van der Waals surface area contributed by atoms with E-state index in [-0.39, 0.29) is 18.1 Å². The van der Waals surface area contributed by atoms with Crippen LogP contribution in [0.1, 0.15) is 48.4 Å². The number of aromatic nitrogens is 2. The van der Waals surface area contributed by atoms with Crippen molar-refractivity contribution in [2.24, 2.45) is 5.73 Å². The quantitative estimate of drug-likeness (QED) is 0.586. The fraction of sp³-hybridized carbons (Fsp3) is 0.364. The van der Waals surface area contributed by atoms with Crippen LogP contribution in [0.4, 0.5) is 8.78 Å². The number of carbonyl (C=O) groups is 1. The third-order valence-electron chi connectivity index (χ3n) is 5.45. The van der Waals surface area contributed by atoms with Gasteiger partial charge in [-0.15, -0.1) is 0 Å². The molecule has 6 nitrogen and oxygen atoms in total. The second kappa shape index (κ2) is 8.79. The molecule has 2 heterocycles. The Balaban J connectivity index is 1.86. The van der Waals surface area contributed by atoms with Gasteiger partial charge in [-0.2, -0.15) is 0 Å². The van der Waals surface area contributed by atoms with Gasteiger partial charge in [-0.3, -0.25) is 9.20 Å². The number of halogens is 2. The molecular weight excluding hydrogens is 390 g/mol. The zero-order valence-corrected chi connectivity index (χ0v) is 17.3. The SMILES string of the molecule is CCC(N)(CC)CNC(=O)c1c(C)nc2c(OCc3c(F)cccc3F)cccn12. The van der Waals surface area contributed by atoms with Crippen molar-refractivity contribution in [2.75, 3.05) is 6.54 Å². The maximum Gasteiger partial charge on any atom is 0.270 e. The van der Waals surface area contributed by atoms with Crippen LogP contribution in [0.25, 0.3) is 5.65 Å². The maximum absolute atomic E-state index is 13.9. The third kappa shape index (κ3) is 4.28. The molecule has 0 bridgehead atoms. The number of pyridine rings is 1. The topological polar surface area (TPSA) is 81.6 Å². The van der Waals surface area contributed by atoms with Crippen molar-refractivity contribution in [2.45, 2.75) is 45.8 Å². The molecule has 30 heavy (non-hydrogen) atoms. The minimum Gasteiger partial charge on any atom is -0.485 e. The van der Waals surface area contributed by atoms with Gasteiger partial charge in [0.25, 0.3) is 5.91 Å². The van der Waals surface area contributed by atoms with E-state index >= 15 is 0 Å². The van der Waals surface area contributed by atoms with Crippen LogP contribution in [0.2, 0.25) is 0 Å². The Kier molecular flexibility index (Phi) is 6.36. The van der Waals surface area contributed by atoms with E-state index in [1.165, 1.54) is 18.2 Å². The van der Waals surface area contributed by atoms with E-state index in [2.05, 4.69) is 10.3 Å². The molecule has 0 unspecified atom stereocenters. The van der Waals surface area contributed by atoms with E-state index in [1.807, 2.05) is 13.8 Å². The molecule has 0 saturated heterocycles. The summed E-state index contributed by atoms with van der Waals surface area (Å²) in [7, 11) is 0. The number of aryl methyl sites for hydroxylation is 1. The molecule has 0 saturated carbocycles. The van der Waals surface area contributed by atoms with E-state index in [9.17, 15) is 13.6 Å². The number of amides is 1. The molecule has 0 aliphatic rings. The first-order valence-electron chi connectivity index (χ1n) is 9.90. The van der Waals surface area contributed by atoms with Crippen LogP contribution in [0.15, 0.2) is 36.5 Å². The van der Waals surface area contributed by atoms with Crippen molar-refractivity contribution in [1.82, 2.24) is 14.7 Å². The number of fused-ring (bicyclic) bond motifs is 1. The van der Waals surface area contributed by atoms with Crippen molar-refractivity contribution in [3.63, 3.8) is 0 Å². The van der Waals surface area contributed by atoms with Crippen molar-refractivity contribution in [3.8, 4) is 5.75 Å². The fourth-order valence-corrected chi connectivity index (χ4v) is 3.20. The van der Waals surface area contributed by atoms with Crippen molar-refractivity contribution in [3.05, 3.63) is 65.1 Å². The predicted molar refractivity (Wildman–Crippen MR) is 110 cm³/mol. The minimum absolute atomic E-state index is 0.167. The van der Waals surface area contributed by atoms with Crippen LogP contribution in [-0.2, 0) is 6.61 Å². The Labute approximate surface area is 174 Å². The van der Waals surface area contributed by atoms with E-state index < -0.39 is 17.2 Å². The summed E-state index contributed by atoms with van der Waals surface area (Å²) in [5.41, 5.74) is 6.90. The zero-order valence-electron chi connectivity index (χ0n) is 17.3. The molecule has 8 heteroatoms. The second-order valence-electron chi connectivity index (χ2n) is 7.35. The highest BCUT2D eigenvalue weighted by Crippen LogP contribution is 2.24. The van der Waals surface area contributed by atoms with Gasteiger partial charge in [-0.1, -0.05) is 19.9 Å². The number of hydrogen-bond acceptors (Lipinski definition) is 4. The van der Waals surface area contributed by atoms with Gasteiger partial charge in [0.2, 0.25) is 0 Å². The third-order valence-corrected chi connectivity index (χ3v) is 5.45. The van der Waals surface area contributed by atoms with Crippen LogP contribution >= 0.6 is 0 Å². The number of benzene rings is 1. The Bertz CT molecular complexity index is 1040.